The highest BCUT2D eigenvalue weighted by molar-refractivity contribution is 7.46. The minimum absolute atomic E-state index is 0.00132. The molecule has 39 heavy (non-hydrogen) atoms. The predicted octanol–water partition coefficient (Wildman–Crippen LogP) is 1.64. The normalized spacial score (nSPS) is 19.0. The van der Waals surface area contributed by atoms with Crippen molar-refractivity contribution in [2.75, 3.05) is 13.2 Å². The van der Waals surface area contributed by atoms with E-state index in [0.29, 0.717) is 25.8 Å². The summed E-state index contributed by atoms with van der Waals surface area (Å²) in [5.74, 6) is -0.564. The van der Waals surface area contributed by atoms with Crippen LogP contribution in [0.15, 0.2) is 46.1 Å². The number of amides is 1. The molecule has 0 bridgehead atoms. The number of H-pyrrole nitrogens is 1. The number of aromatic nitrogens is 2. The first-order valence-corrected chi connectivity index (χ1v) is 13.9. The number of nitrogens with one attached hydrogen (secondary N) is 2. The van der Waals surface area contributed by atoms with E-state index in [2.05, 4.69) is 14.8 Å². The number of carbonyl (C=O) groups is 2. The molecule has 0 radical (unpaired) electrons. The number of aryl methyl sites for hydroxylation is 1. The van der Waals surface area contributed by atoms with Crippen molar-refractivity contribution < 1.29 is 42.7 Å². The number of aromatic amines is 1. The first-order valence-electron chi connectivity index (χ1n) is 12.3. The molecule has 0 saturated carbocycles. The highest BCUT2D eigenvalue weighted by Gasteiger charge is 2.40. The van der Waals surface area contributed by atoms with Crippen molar-refractivity contribution in [1.82, 2.24) is 14.9 Å². The molecule has 3 rings (SSSR count). The Balaban J connectivity index is 1.42. The van der Waals surface area contributed by atoms with Crippen LogP contribution in [-0.2, 0) is 34.7 Å². The number of benzene rings is 1. The van der Waals surface area contributed by atoms with Gasteiger partial charge in [-0.3, -0.25) is 23.7 Å². The average molecular weight is 570 g/mol. The van der Waals surface area contributed by atoms with Gasteiger partial charge in [0.05, 0.1) is 6.61 Å². The van der Waals surface area contributed by atoms with Crippen LogP contribution < -0.4 is 16.6 Å². The maximum atomic E-state index is 12.4. The summed E-state index contributed by atoms with van der Waals surface area (Å²) in [6, 6.07) is 9.27. The number of hydrogen-bond acceptors (Lipinski definition) is 9. The number of carbonyl (C=O) groups excluding carboxylic acids is 2. The van der Waals surface area contributed by atoms with E-state index in [1.165, 1.54) is 13.1 Å². The van der Waals surface area contributed by atoms with Gasteiger partial charge in [0.2, 0.25) is 0 Å². The lowest BCUT2D eigenvalue weighted by molar-refractivity contribution is -0.153. The fourth-order valence-corrected chi connectivity index (χ4v) is 4.22. The van der Waals surface area contributed by atoms with E-state index in [-0.39, 0.29) is 25.0 Å². The maximum Gasteiger partial charge on any atom is 0.469 e. The summed E-state index contributed by atoms with van der Waals surface area (Å²) < 4.78 is 33.1. The number of phosphoric ester groups is 1. The fraction of sp³-hybridized carbons (Fsp3) is 0.500. The first kappa shape index (κ1) is 30.3. The molecule has 2 heterocycles. The average Bonchev–Trinajstić information content (AvgIpc) is 3.28. The molecule has 1 fully saturated rings. The molecule has 2 aromatic rings. The second-order valence-corrected chi connectivity index (χ2v) is 10.2. The Morgan fingerprint density at radius 1 is 1.18 bits per heavy atom. The van der Waals surface area contributed by atoms with E-state index in [1.807, 2.05) is 30.3 Å². The Bertz CT molecular complexity index is 1270. The number of ether oxygens (including phenoxy) is 3. The van der Waals surface area contributed by atoms with Gasteiger partial charge in [-0.2, -0.15) is 0 Å². The van der Waals surface area contributed by atoms with Crippen molar-refractivity contribution in [2.24, 2.45) is 0 Å². The van der Waals surface area contributed by atoms with Crippen molar-refractivity contribution in [3.05, 3.63) is 68.5 Å². The summed E-state index contributed by atoms with van der Waals surface area (Å²) in [5, 5.41) is 2.64. The third kappa shape index (κ3) is 10.1. The number of phosphoric acid groups is 1. The third-order valence-electron chi connectivity index (χ3n) is 5.87. The molecule has 1 aromatic carbocycles. The van der Waals surface area contributed by atoms with Gasteiger partial charge in [-0.15, -0.1) is 0 Å². The van der Waals surface area contributed by atoms with Gasteiger partial charge in [-0.25, -0.2) is 14.2 Å². The molecule has 1 aliphatic rings. The van der Waals surface area contributed by atoms with E-state index in [9.17, 15) is 23.7 Å². The summed E-state index contributed by atoms with van der Waals surface area (Å²) in [6.45, 7) is 1.46. The zero-order chi connectivity index (χ0) is 28.4. The quantitative estimate of drug-likeness (QED) is 0.156. The van der Waals surface area contributed by atoms with Gasteiger partial charge in [-0.05, 0) is 25.3 Å². The molecule has 0 unspecified atom stereocenters. The predicted molar refractivity (Wildman–Crippen MR) is 136 cm³/mol. The number of unbranched alkanes of at least 4 members (excludes halogenated alkanes) is 2. The molecule has 1 amide bonds. The molecule has 15 heteroatoms. The van der Waals surface area contributed by atoms with Gasteiger partial charge in [-0.1, -0.05) is 36.8 Å². The summed E-state index contributed by atoms with van der Waals surface area (Å²) >= 11 is 0. The van der Waals surface area contributed by atoms with Gasteiger partial charge in [0.15, 0.2) is 0 Å². The van der Waals surface area contributed by atoms with Crippen LogP contribution in [0, 0.1) is 6.92 Å². The van der Waals surface area contributed by atoms with Gasteiger partial charge < -0.3 is 29.3 Å². The Kier molecular flexibility index (Phi) is 11.0. The van der Waals surface area contributed by atoms with Crippen LogP contribution in [0.5, 0.6) is 0 Å². The van der Waals surface area contributed by atoms with Crippen LogP contribution in [0.1, 0.15) is 49.5 Å². The van der Waals surface area contributed by atoms with Gasteiger partial charge in [0.25, 0.3) is 5.56 Å². The number of esters is 1. The van der Waals surface area contributed by atoms with Crippen molar-refractivity contribution in [2.45, 2.75) is 64.1 Å². The number of rotatable bonds is 13. The molecule has 1 aliphatic heterocycles. The lowest BCUT2D eigenvalue weighted by Gasteiger charge is -2.19. The van der Waals surface area contributed by atoms with E-state index in [0.717, 1.165) is 10.1 Å². The molecular weight excluding hydrogens is 537 g/mol. The molecule has 214 valence electrons. The molecule has 1 saturated heterocycles. The molecular formula is C24H32N3O11P. The Hall–Kier alpha value is -3.29. The molecule has 3 atom stereocenters. The number of alkyl carbamates (subject to hydrolysis) is 1. The lowest BCUT2D eigenvalue weighted by atomic mass is 10.1. The van der Waals surface area contributed by atoms with Gasteiger partial charge >= 0.3 is 25.6 Å². The van der Waals surface area contributed by atoms with Crippen molar-refractivity contribution >= 4 is 19.9 Å². The van der Waals surface area contributed by atoms with Crippen LogP contribution in [0.4, 0.5) is 4.79 Å². The van der Waals surface area contributed by atoms with E-state index in [1.54, 1.807) is 0 Å². The van der Waals surface area contributed by atoms with Crippen molar-refractivity contribution in [3.8, 4) is 0 Å². The van der Waals surface area contributed by atoms with Crippen LogP contribution in [-0.4, -0.2) is 56.8 Å². The second kappa shape index (κ2) is 14.2. The van der Waals surface area contributed by atoms with Crippen LogP contribution in [0.2, 0.25) is 0 Å². The molecule has 1 aromatic heterocycles. The number of nitrogens with zero attached hydrogens (tertiary/aromatic N) is 1. The highest BCUT2D eigenvalue weighted by Crippen LogP contribution is 2.38. The van der Waals surface area contributed by atoms with Crippen LogP contribution >= 0.6 is 7.82 Å². The Morgan fingerprint density at radius 2 is 1.92 bits per heavy atom. The van der Waals surface area contributed by atoms with Gasteiger partial charge in [0.1, 0.15) is 25.0 Å². The Labute approximate surface area is 223 Å². The second-order valence-electron chi connectivity index (χ2n) is 8.96. The molecule has 0 aliphatic carbocycles. The van der Waals surface area contributed by atoms with Gasteiger partial charge in [0, 0.05) is 31.1 Å². The topological polar surface area (TPSA) is 195 Å². The molecule has 4 N–H and O–H groups in total. The molecule has 0 spiro atoms. The van der Waals surface area contributed by atoms with Crippen LogP contribution in [0.3, 0.4) is 0 Å². The fourth-order valence-electron chi connectivity index (χ4n) is 3.88. The summed E-state index contributed by atoms with van der Waals surface area (Å²) in [4.78, 5) is 68.3. The van der Waals surface area contributed by atoms with E-state index < -0.39 is 56.2 Å². The highest BCUT2D eigenvalue weighted by atomic mass is 31.2. The zero-order valence-corrected chi connectivity index (χ0v) is 22.2. The number of hydrogen-bond donors (Lipinski definition) is 4. The monoisotopic (exact) mass is 569 g/mol. The summed E-state index contributed by atoms with van der Waals surface area (Å²) in [6.07, 6.45) is -0.444. The SMILES string of the molecule is Cc1cn([C@H]2C[C@H](OC(=O)CCCCCNC(=O)OCc3ccccc3)[C@@H](COP(=O)(O)O)O2)c(=O)[nH]c1=O. The minimum Gasteiger partial charge on any atom is -0.459 e. The van der Waals surface area contributed by atoms with Crippen LogP contribution in [0.25, 0.3) is 0 Å². The minimum atomic E-state index is -4.83. The van der Waals surface area contributed by atoms with E-state index >= 15 is 0 Å². The zero-order valence-electron chi connectivity index (χ0n) is 21.3. The third-order valence-corrected chi connectivity index (χ3v) is 6.35. The first-order chi connectivity index (χ1) is 18.5. The molecule has 14 nitrogen and oxygen atoms in total. The largest absolute Gasteiger partial charge is 0.469 e. The summed E-state index contributed by atoms with van der Waals surface area (Å²) in [5.41, 5.74) is -0.171. The van der Waals surface area contributed by atoms with Crippen molar-refractivity contribution in [1.29, 1.82) is 0 Å². The maximum absolute atomic E-state index is 12.4. The standard InChI is InChI=1S/C24H32N3O11P/c1-16-13-27(23(30)26-22(16)29)20-12-18(19(37-20)15-36-39(32,33)34)38-21(28)10-6-3-7-11-25-24(31)35-14-17-8-4-2-5-9-17/h2,4-5,8-9,13,18-20H,3,6-7,10-12,14-15H2,1H3,(H,25,31)(H,26,29,30)(H2,32,33,34)/t18-,19+,20+/m0/s1. The smallest absolute Gasteiger partial charge is 0.459 e. The Morgan fingerprint density at radius 3 is 2.64 bits per heavy atom. The van der Waals surface area contributed by atoms with Crippen molar-refractivity contribution in [3.63, 3.8) is 0 Å². The summed E-state index contributed by atoms with van der Waals surface area (Å²) in [7, 11) is -4.83. The van der Waals surface area contributed by atoms with E-state index in [4.69, 9.17) is 24.0 Å². The lowest BCUT2D eigenvalue weighted by Crippen LogP contribution is -2.33.